The Kier molecular flexibility index (Phi) is 5.96. The first-order valence-corrected chi connectivity index (χ1v) is 11.0. The molecule has 4 nitrogen and oxygen atoms in total. The number of hydrogen-bond donors (Lipinski definition) is 0. The van der Waals surface area contributed by atoms with Crippen molar-refractivity contribution in [3.63, 3.8) is 0 Å². The van der Waals surface area contributed by atoms with Gasteiger partial charge >= 0.3 is 0 Å². The van der Waals surface area contributed by atoms with Gasteiger partial charge in [-0.25, -0.2) is 16.8 Å². The summed E-state index contributed by atoms with van der Waals surface area (Å²) < 4.78 is 48.2. The first-order chi connectivity index (χ1) is 10.9. The van der Waals surface area contributed by atoms with Crippen molar-refractivity contribution in [2.45, 2.75) is 12.8 Å². The SMILES string of the molecule is O=S(=O)(CCc1ccccc1)CS(=O)(=O)CCc1ccccc1. The molecule has 0 fully saturated rings. The highest BCUT2D eigenvalue weighted by Crippen LogP contribution is 2.08. The molecular formula is C17H20O4S2. The number of sulfone groups is 2. The van der Waals surface area contributed by atoms with Gasteiger partial charge < -0.3 is 0 Å². The summed E-state index contributed by atoms with van der Waals surface area (Å²) in [7, 11) is -7.26. The summed E-state index contributed by atoms with van der Waals surface area (Å²) >= 11 is 0. The molecule has 0 unspecified atom stereocenters. The van der Waals surface area contributed by atoms with E-state index < -0.39 is 24.8 Å². The van der Waals surface area contributed by atoms with Crippen molar-refractivity contribution < 1.29 is 16.8 Å². The zero-order valence-electron chi connectivity index (χ0n) is 12.8. The molecule has 6 heteroatoms. The monoisotopic (exact) mass is 352 g/mol. The summed E-state index contributed by atoms with van der Waals surface area (Å²) in [6.45, 7) is 0. The van der Waals surface area contributed by atoms with Crippen molar-refractivity contribution in [3.05, 3.63) is 71.8 Å². The highest BCUT2D eigenvalue weighted by atomic mass is 32.3. The van der Waals surface area contributed by atoms with E-state index in [1.54, 1.807) is 0 Å². The maximum Gasteiger partial charge on any atom is 0.164 e. The van der Waals surface area contributed by atoms with Crippen LogP contribution in [0.5, 0.6) is 0 Å². The third-order valence-electron chi connectivity index (χ3n) is 3.45. The van der Waals surface area contributed by atoms with E-state index in [9.17, 15) is 16.8 Å². The number of rotatable bonds is 8. The topological polar surface area (TPSA) is 68.3 Å². The van der Waals surface area contributed by atoms with Gasteiger partial charge in [0.05, 0.1) is 11.5 Å². The predicted molar refractivity (Wildman–Crippen MR) is 92.7 cm³/mol. The minimum atomic E-state index is -3.63. The Labute approximate surface area is 138 Å². The normalized spacial score (nSPS) is 12.2. The van der Waals surface area contributed by atoms with Crippen LogP contribution < -0.4 is 0 Å². The van der Waals surface area contributed by atoms with Crippen LogP contribution in [0.3, 0.4) is 0 Å². The molecule has 0 aliphatic carbocycles. The fourth-order valence-corrected chi connectivity index (χ4v) is 6.45. The Hall–Kier alpha value is -1.66. The average molecular weight is 352 g/mol. The van der Waals surface area contributed by atoms with Gasteiger partial charge in [-0.3, -0.25) is 0 Å². The van der Waals surface area contributed by atoms with Gasteiger partial charge in [0.15, 0.2) is 24.8 Å². The minimum absolute atomic E-state index is 0.151. The molecule has 0 heterocycles. The van der Waals surface area contributed by atoms with Gasteiger partial charge in [-0.1, -0.05) is 60.7 Å². The predicted octanol–water partition coefficient (Wildman–Crippen LogP) is 2.26. The van der Waals surface area contributed by atoms with Crippen molar-refractivity contribution in [1.82, 2.24) is 0 Å². The van der Waals surface area contributed by atoms with E-state index in [4.69, 9.17) is 0 Å². The Morgan fingerprint density at radius 3 is 1.26 bits per heavy atom. The van der Waals surface area contributed by atoms with E-state index in [1.165, 1.54) is 0 Å². The van der Waals surface area contributed by atoms with Crippen LogP contribution in [0.4, 0.5) is 0 Å². The van der Waals surface area contributed by atoms with Gasteiger partial charge in [0, 0.05) is 0 Å². The van der Waals surface area contributed by atoms with Gasteiger partial charge in [0.1, 0.15) is 0 Å². The zero-order chi connectivity index (χ0) is 16.8. The third kappa shape index (κ3) is 6.54. The van der Waals surface area contributed by atoms with Gasteiger partial charge in [-0.2, -0.15) is 0 Å². The number of benzene rings is 2. The van der Waals surface area contributed by atoms with Crippen molar-refractivity contribution in [1.29, 1.82) is 0 Å². The quantitative estimate of drug-likeness (QED) is 0.731. The summed E-state index contributed by atoms with van der Waals surface area (Å²) in [6.07, 6.45) is 0.661. The lowest BCUT2D eigenvalue weighted by molar-refractivity contribution is 0.588. The molecule has 0 bridgehead atoms. The molecule has 124 valence electrons. The smallest absolute Gasteiger partial charge is 0.164 e. The van der Waals surface area contributed by atoms with E-state index in [-0.39, 0.29) is 11.5 Å². The molecule has 23 heavy (non-hydrogen) atoms. The number of aryl methyl sites for hydroxylation is 2. The van der Waals surface area contributed by atoms with Crippen LogP contribution in [0.1, 0.15) is 11.1 Å². The summed E-state index contributed by atoms with van der Waals surface area (Å²) in [4.78, 5) is 0. The van der Waals surface area contributed by atoms with Crippen LogP contribution in [0, 0.1) is 0 Å². The number of hydrogen-bond acceptors (Lipinski definition) is 4. The van der Waals surface area contributed by atoms with E-state index >= 15 is 0 Å². The first-order valence-electron chi connectivity index (χ1n) is 7.35. The first kappa shape index (κ1) is 17.7. The molecule has 0 amide bonds. The molecule has 0 spiro atoms. The largest absolute Gasteiger partial charge is 0.228 e. The molecule has 0 radical (unpaired) electrons. The summed E-state index contributed by atoms with van der Waals surface area (Å²) in [6, 6.07) is 18.4. The molecule has 0 saturated carbocycles. The van der Waals surface area contributed by atoms with Gasteiger partial charge in [-0.15, -0.1) is 0 Å². The maximum atomic E-state index is 12.1. The van der Waals surface area contributed by atoms with Gasteiger partial charge in [0.25, 0.3) is 0 Å². The lowest BCUT2D eigenvalue weighted by Crippen LogP contribution is -2.23. The molecule has 0 N–H and O–H groups in total. The second-order valence-electron chi connectivity index (χ2n) is 5.48. The zero-order valence-corrected chi connectivity index (χ0v) is 14.4. The molecule has 0 atom stereocenters. The van der Waals surface area contributed by atoms with Crippen LogP contribution in [0.25, 0.3) is 0 Å². The second-order valence-corrected chi connectivity index (χ2v) is 10.2. The highest BCUT2D eigenvalue weighted by molar-refractivity contribution is 8.08. The fourth-order valence-electron chi connectivity index (χ4n) is 2.23. The standard InChI is InChI=1S/C17H20O4S2/c18-22(19,13-11-16-7-3-1-4-8-16)15-23(20,21)14-12-17-9-5-2-6-10-17/h1-10H,11-15H2. The van der Waals surface area contributed by atoms with E-state index in [0.29, 0.717) is 12.8 Å². The molecule has 0 aromatic heterocycles. The van der Waals surface area contributed by atoms with E-state index in [1.807, 2.05) is 60.7 Å². The summed E-state index contributed by atoms with van der Waals surface area (Å²) in [5.41, 5.74) is 1.77. The van der Waals surface area contributed by atoms with Gasteiger partial charge in [-0.05, 0) is 24.0 Å². The van der Waals surface area contributed by atoms with Crippen molar-refractivity contribution in [2.75, 3.05) is 16.6 Å². The van der Waals surface area contributed by atoms with Crippen molar-refractivity contribution >= 4 is 19.7 Å². The van der Waals surface area contributed by atoms with Crippen molar-refractivity contribution in [2.24, 2.45) is 0 Å². The minimum Gasteiger partial charge on any atom is -0.228 e. The Morgan fingerprint density at radius 2 is 0.913 bits per heavy atom. The molecule has 2 aromatic carbocycles. The van der Waals surface area contributed by atoms with Gasteiger partial charge in [0.2, 0.25) is 0 Å². The summed E-state index contributed by atoms with van der Waals surface area (Å²) in [5.74, 6) is -0.302. The summed E-state index contributed by atoms with van der Waals surface area (Å²) in [5, 5.41) is -0.778. The van der Waals surface area contributed by atoms with Crippen molar-refractivity contribution in [3.8, 4) is 0 Å². The lowest BCUT2D eigenvalue weighted by Gasteiger charge is -2.07. The molecule has 0 aliphatic heterocycles. The van der Waals surface area contributed by atoms with Crippen LogP contribution in [-0.2, 0) is 32.5 Å². The van der Waals surface area contributed by atoms with Crippen LogP contribution in [-0.4, -0.2) is 33.4 Å². The molecule has 2 rings (SSSR count). The highest BCUT2D eigenvalue weighted by Gasteiger charge is 2.22. The van der Waals surface area contributed by atoms with Crippen LogP contribution in [0.15, 0.2) is 60.7 Å². The Morgan fingerprint density at radius 1 is 0.565 bits per heavy atom. The molecule has 2 aromatic rings. The third-order valence-corrected chi connectivity index (χ3v) is 7.97. The lowest BCUT2D eigenvalue weighted by atomic mass is 10.2. The molecule has 0 saturated heterocycles. The van der Waals surface area contributed by atoms with E-state index in [2.05, 4.69) is 0 Å². The maximum absolute atomic E-state index is 12.1. The fraction of sp³-hybridized carbons (Fsp3) is 0.294. The Balaban J connectivity index is 1.90. The second kappa shape index (κ2) is 7.75. The molecular weight excluding hydrogens is 332 g/mol. The van der Waals surface area contributed by atoms with Crippen LogP contribution in [0.2, 0.25) is 0 Å². The Bertz CT molecular complexity index is 740. The molecule has 0 aliphatic rings. The average Bonchev–Trinajstić information content (AvgIpc) is 2.52. The van der Waals surface area contributed by atoms with Crippen LogP contribution >= 0.6 is 0 Å². The van der Waals surface area contributed by atoms with E-state index in [0.717, 1.165) is 11.1 Å².